The van der Waals surface area contributed by atoms with Crippen LogP contribution in [0.3, 0.4) is 0 Å². The molecular weight excluding hydrogens is 209 g/mol. The SMILES string of the molecule is CCOc1ccc(Cl)c(B(O)O)c1F. The van der Waals surface area contributed by atoms with Gasteiger partial charge in [-0.1, -0.05) is 11.6 Å². The summed E-state index contributed by atoms with van der Waals surface area (Å²) in [6.45, 7) is 1.99. The van der Waals surface area contributed by atoms with Gasteiger partial charge >= 0.3 is 7.12 Å². The topological polar surface area (TPSA) is 49.7 Å². The summed E-state index contributed by atoms with van der Waals surface area (Å²) in [5.41, 5.74) is -0.363. The van der Waals surface area contributed by atoms with E-state index in [0.717, 1.165) is 0 Å². The molecule has 0 aliphatic rings. The van der Waals surface area contributed by atoms with Crippen molar-refractivity contribution >= 4 is 24.2 Å². The van der Waals surface area contributed by atoms with Crippen LogP contribution in [0.15, 0.2) is 12.1 Å². The first-order chi connectivity index (χ1) is 6.57. The average Bonchev–Trinajstić information content (AvgIpc) is 2.10. The second kappa shape index (κ2) is 4.64. The summed E-state index contributed by atoms with van der Waals surface area (Å²) in [7, 11) is -1.94. The van der Waals surface area contributed by atoms with Crippen LogP contribution in [0.1, 0.15) is 6.92 Å². The Bertz CT molecular complexity index is 333. The van der Waals surface area contributed by atoms with E-state index in [-0.39, 0.29) is 16.2 Å². The molecule has 0 saturated heterocycles. The molecule has 1 aromatic rings. The van der Waals surface area contributed by atoms with Gasteiger partial charge in [-0.2, -0.15) is 0 Å². The second-order valence-electron chi connectivity index (χ2n) is 2.58. The maximum absolute atomic E-state index is 13.4. The minimum atomic E-state index is -1.94. The number of hydrogen-bond acceptors (Lipinski definition) is 3. The molecule has 0 atom stereocenters. The first-order valence-corrected chi connectivity index (χ1v) is 4.42. The van der Waals surface area contributed by atoms with Crippen LogP contribution in [0.2, 0.25) is 5.02 Å². The van der Waals surface area contributed by atoms with E-state index in [4.69, 9.17) is 26.4 Å². The van der Waals surface area contributed by atoms with E-state index >= 15 is 0 Å². The minimum absolute atomic E-state index is 0.0408. The predicted molar refractivity (Wildman–Crippen MR) is 52.4 cm³/mol. The highest BCUT2D eigenvalue weighted by atomic mass is 35.5. The zero-order valence-electron chi connectivity index (χ0n) is 7.50. The van der Waals surface area contributed by atoms with E-state index in [1.54, 1.807) is 6.92 Å². The van der Waals surface area contributed by atoms with Crippen molar-refractivity contribution < 1.29 is 19.2 Å². The van der Waals surface area contributed by atoms with Gasteiger partial charge in [0.2, 0.25) is 0 Å². The van der Waals surface area contributed by atoms with E-state index in [1.807, 2.05) is 0 Å². The highest BCUT2D eigenvalue weighted by Gasteiger charge is 2.23. The second-order valence-corrected chi connectivity index (χ2v) is 2.99. The fraction of sp³-hybridized carbons (Fsp3) is 0.250. The first-order valence-electron chi connectivity index (χ1n) is 4.04. The van der Waals surface area contributed by atoms with Crippen molar-refractivity contribution in [1.82, 2.24) is 0 Å². The third kappa shape index (κ3) is 2.18. The van der Waals surface area contributed by atoms with E-state index in [2.05, 4.69) is 0 Å². The van der Waals surface area contributed by atoms with Gasteiger partial charge in [0.1, 0.15) is 0 Å². The first kappa shape index (κ1) is 11.3. The summed E-state index contributed by atoms with van der Waals surface area (Å²) in [4.78, 5) is 0. The molecule has 0 fully saturated rings. The molecule has 0 unspecified atom stereocenters. The molecule has 6 heteroatoms. The normalized spacial score (nSPS) is 10.1. The smallest absolute Gasteiger partial charge is 0.491 e. The average molecular weight is 218 g/mol. The number of ether oxygens (including phenoxy) is 1. The van der Waals surface area contributed by atoms with Crippen LogP contribution in [-0.2, 0) is 0 Å². The molecule has 0 amide bonds. The Morgan fingerprint density at radius 3 is 2.64 bits per heavy atom. The standard InChI is InChI=1S/C8H9BClFO3/c1-2-14-6-4-3-5(10)7(8(6)11)9(12)13/h3-4,12-13H,2H2,1H3. The molecule has 0 saturated carbocycles. The fourth-order valence-electron chi connectivity index (χ4n) is 1.05. The predicted octanol–water partition coefficient (Wildman–Crippen LogP) is 0.558. The van der Waals surface area contributed by atoms with Gasteiger partial charge in [0.05, 0.1) is 6.61 Å². The lowest BCUT2D eigenvalue weighted by Crippen LogP contribution is -2.34. The van der Waals surface area contributed by atoms with Crippen LogP contribution in [0.25, 0.3) is 0 Å². The summed E-state index contributed by atoms with van der Waals surface area (Å²) < 4.78 is 18.4. The quantitative estimate of drug-likeness (QED) is 0.729. The molecule has 14 heavy (non-hydrogen) atoms. The van der Waals surface area contributed by atoms with Crippen LogP contribution < -0.4 is 10.2 Å². The lowest BCUT2D eigenvalue weighted by Gasteiger charge is -2.09. The van der Waals surface area contributed by atoms with Gasteiger partial charge in [0.15, 0.2) is 11.6 Å². The molecule has 76 valence electrons. The van der Waals surface area contributed by atoms with Crippen molar-refractivity contribution in [3.8, 4) is 5.75 Å². The highest BCUT2D eigenvalue weighted by molar-refractivity contribution is 6.62. The molecule has 0 aliphatic carbocycles. The van der Waals surface area contributed by atoms with Crippen LogP contribution in [0, 0.1) is 5.82 Å². The monoisotopic (exact) mass is 218 g/mol. The van der Waals surface area contributed by atoms with E-state index in [1.165, 1.54) is 12.1 Å². The molecule has 1 aromatic carbocycles. The maximum Gasteiger partial charge on any atom is 0.493 e. The summed E-state index contributed by atoms with van der Waals surface area (Å²) in [5, 5.41) is 17.7. The van der Waals surface area contributed by atoms with Gasteiger partial charge in [0, 0.05) is 10.5 Å². The molecule has 3 nitrogen and oxygen atoms in total. The molecule has 0 aromatic heterocycles. The maximum atomic E-state index is 13.4. The number of halogens is 2. The van der Waals surface area contributed by atoms with Crippen LogP contribution >= 0.6 is 11.6 Å². The summed E-state index contributed by atoms with van der Waals surface area (Å²) >= 11 is 5.58. The zero-order chi connectivity index (χ0) is 10.7. The minimum Gasteiger partial charge on any atom is -0.491 e. The Labute approximate surface area is 86.2 Å². The van der Waals surface area contributed by atoms with E-state index < -0.39 is 12.9 Å². The number of benzene rings is 1. The molecule has 0 heterocycles. The Hall–Kier alpha value is -0.775. The number of rotatable bonds is 3. The summed E-state index contributed by atoms with van der Waals surface area (Å²) in [5.74, 6) is -0.880. The van der Waals surface area contributed by atoms with Gasteiger partial charge in [0.25, 0.3) is 0 Å². The molecule has 0 bridgehead atoms. The molecule has 1 rings (SSSR count). The fourth-order valence-corrected chi connectivity index (χ4v) is 1.30. The molecule has 2 N–H and O–H groups in total. The lowest BCUT2D eigenvalue weighted by molar-refractivity contribution is 0.321. The molecular formula is C8H9BClFO3. The van der Waals surface area contributed by atoms with Crippen molar-refractivity contribution in [3.05, 3.63) is 23.0 Å². The van der Waals surface area contributed by atoms with Crippen molar-refractivity contribution in [3.63, 3.8) is 0 Å². The zero-order valence-corrected chi connectivity index (χ0v) is 8.25. The summed E-state index contributed by atoms with van der Waals surface area (Å²) in [6.07, 6.45) is 0. The van der Waals surface area contributed by atoms with Crippen molar-refractivity contribution in [1.29, 1.82) is 0 Å². The van der Waals surface area contributed by atoms with Crippen LogP contribution in [-0.4, -0.2) is 23.8 Å². The Kier molecular flexibility index (Phi) is 3.74. The van der Waals surface area contributed by atoms with Gasteiger partial charge in [-0.3, -0.25) is 0 Å². The Balaban J connectivity index is 3.19. The molecule has 0 spiro atoms. The Morgan fingerprint density at radius 2 is 2.14 bits per heavy atom. The highest BCUT2D eigenvalue weighted by Crippen LogP contribution is 2.19. The van der Waals surface area contributed by atoms with Crippen LogP contribution in [0.5, 0.6) is 5.75 Å². The van der Waals surface area contributed by atoms with E-state index in [0.29, 0.717) is 6.61 Å². The molecule has 0 aliphatic heterocycles. The largest absolute Gasteiger partial charge is 0.493 e. The third-order valence-electron chi connectivity index (χ3n) is 1.65. The van der Waals surface area contributed by atoms with Crippen LogP contribution in [0.4, 0.5) is 4.39 Å². The van der Waals surface area contributed by atoms with Crippen molar-refractivity contribution in [2.24, 2.45) is 0 Å². The van der Waals surface area contributed by atoms with Gasteiger partial charge in [-0.05, 0) is 19.1 Å². The third-order valence-corrected chi connectivity index (χ3v) is 1.98. The lowest BCUT2D eigenvalue weighted by atomic mass is 9.79. The van der Waals surface area contributed by atoms with Gasteiger partial charge in [-0.15, -0.1) is 0 Å². The van der Waals surface area contributed by atoms with Crippen molar-refractivity contribution in [2.45, 2.75) is 6.92 Å². The van der Waals surface area contributed by atoms with E-state index in [9.17, 15) is 4.39 Å². The molecule has 0 radical (unpaired) electrons. The van der Waals surface area contributed by atoms with Crippen molar-refractivity contribution in [2.75, 3.05) is 6.61 Å². The van der Waals surface area contributed by atoms with Gasteiger partial charge < -0.3 is 14.8 Å². The summed E-state index contributed by atoms with van der Waals surface area (Å²) in [6, 6.07) is 2.69. The van der Waals surface area contributed by atoms with Gasteiger partial charge in [-0.25, -0.2) is 4.39 Å². The number of hydrogen-bond donors (Lipinski definition) is 2. The Morgan fingerprint density at radius 1 is 1.50 bits per heavy atom.